The van der Waals surface area contributed by atoms with Crippen LogP contribution in [0.15, 0.2) is 48.5 Å². The van der Waals surface area contributed by atoms with Gasteiger partial charge in [0.1, 0.15) is 11.5 Å². The van der Waals surface area contributed by atoms with Crippen molar-refractivity contribution in [1.82, 2.24) is 0 Å². The minimum absolute atomic E-state index is 0.250. The highest BCUT2D eigenvalue weighted by atomic mass is 16.5. The molecule has 0 aliphatic heterocycles. The molecular weight excluding hydrogens is 284 g/mol. The molecule has 0 fully saturated rings. The van der Waals surface area contributed by atoms with Crippen LogP contribution in [0.1, 0.15) is 11.1 Å². The van der Waals surface area contributed by atoms with Gasteiger partial charge in [0.15, 0.2) is 0 Å². The van der Waals surface area contributed by atoms with Crippen LogP contribution in [0.25, 0.3) is 0 Å². The largest absolute Gasteiger partial charge is 0.497 e. The van der Waals surface area contributed by atoms with Gasteiger partial charge in [0.25, 0.3) is 6.47 Å². The van der Waals surface area contributed by atoms with Gasteiger partial charge in [0.2, 0.25) is 0 Å². The number of methoxy groups -OCH3 is 2. The van der Waals surface area contributed by atoms with E-state index in [1.54, 1.807) is 14.2 Å². The maximum atomic E-state index is 8.36. The van der Waals surface area contributed by atoms with Crippen molar-refractivity contribution >= 4 is 6.47 Å². The van der Waals surface area contributed by atoms with Crippen LogP contribution in [0.2, 0.25) is 0 Å². The molecule has 1 N–H and O–H groups in total. The van der Waals surface area contributed by atoms with Crippen molar-refractivity contribution in [3.05, 3.63) is 59.7 Å². The molecule has 0 aliphatic carbocycles. The quantitative estimate of drug-likeness (QED) is 0.831. The molecule has 5 nitrogen and oxygen atoms in total. The summed E-state index contributed by atoms with van der Waals surface area (Å²) in [5.41, 5.74) is 2.27. The third kappa shape index (κ3) is 6.28. The molecule has 0 bridgehead atoms. The van der Waals surface area contributed by atoms with Crippen molar-refractivity contribution in [3.63, 3.8) is 0 Å². The van der Waals surface area contributed by atoms with Crippen LogP contribution in [0.4, 0.5) is 0 Å². The van der Waals surface area contributed by atoms with E-state index in [9.17, 15) is 0 Å². The van der Waals surface area contributed by atoms with Gasteiger partial charge in [-0.1, -0.05) is 24.3 Å². The van der Waals surface area contributed by atoms with Gasteiger partial charge in [-0.3, -0.25) is 4.79 Å². The van der Waals surface area contributed by atoms with E-state index in [2.05, 4.69) is 0 Å². The van der Waals surface area contributed by atoms with E-state index in [4.69, 9.17) is 24.1 Å². The molecule has 0 unspecified atom stereocenters. The molecule has 0 saturated carbocycles. The van der Waals surface area contributed by atoms with Gasteiger partial charge in [-0.05, 0) is 35.4 Å². The van der Waals surface area contributed by atoms with Gasteiger partial charge in [0.05, 0.1) is 27.4 Å². The molecule has 0 amide bonds. The van der Waals surface area contributed by atoms with Crippen LogP contribution in [-0.4, -0.2) is 25.8 Å². The number of hydrogen-bond donors (Lipinski definition) is 1. The molecule has 118 valence electrons. The van der Waals surface area contributed by atoms with Crippen molar-refractivity contribution in [2.45, 2.75) is 13.2 Å². The molecule has 0 saturated heterocycles. The van der Waals surface area contributed by atoms with Crippen molar-refractivity contribution in [2.24, 2.45) is 0 Å². The maximum absolute atomic E-state index is 8.36. The lowest BCUT2D eigenvalue weighted by molar-refractivity contribution is -0.122. The lowest BCUT2D eigenvalue weighted by atomic mass is 10.2. The fraction of sp³-hybridized carbons (Fsp3) is 0.235. The van der Waals surface area contributed by atoms with Crippen molar-refractivity contribution in [3.8, 4) is 11.5 Å². The molecule has 0 heterocycles. The molecule has 2 rings (SSSR count). The first kappa shape index (κ1) is 17.5. The SMILES string of the molecule is COc1ccc(COCc2ccc(OC)cc2)cc1.O=CO. The Morgan fingerprint density at radius 3 is 1.41 bits per heavy atom. The zero-order valence-corrected chi connectivity index (χ0v) is 12.7. The minimum Gasteiger partial charge on any atom is -0.497 e. The predicted octanol–water partition coefficient (Wildman–Crippen LogP) is 3.12. The van der Waals surface area contributed by atoms with Gasteiger partial charge < -0.3 is 19.3 Å². The van der Waals surface area contributed by atoms with E-state index in [0.717, 1.165) is 22.6 Å². The third-order valence-corrected chi connectivity index (χ3v) is 2.86. The molecule has 0 spiro atoms. The average molecular weight is 304 g/mol. The summed E-state index contributed by atoms with van der Waals surface area (Å²) in [5, 5.41) is 6.89. The first-order valence-corrected chi connectivity index (χ1v) is 6.65. The highest BCUT2D eigenvalue weighted by molar-refractivity contribution is 5.32. The average Bonchev–Trinajstić information content (AvgIpc) is 2.57. The maximum Gasteiger partial charge on any atom is 0.290 e. The van der Waals surface area contributed by atoms with Crippen LogP contribution >= 0.6 is 0 Å². The molecule has 0 aliphatic rings. The summed E-state index contributed by atoms with van der Waals surface area (Å²) in [6, 6.07) is 15.8. The summed E-state index contributed by atoms with van der Waals surface area (Å²) in [7, 11) is 3.32. The standard InChI is InChI=1S/C16H18O3.CH2O2/c1-17-15-7-3-13(4-8-15)11-19-12-14-5-9-16(18-2)10-6-14;2-1-3/h3-10H,11-12H2,1-2H3;1H,(H,2,3). The molecule has 0 radical (unpaired) electrons. The summed E-state index contributed by atoms with van der Waals surface area (Å²) in [5.74, 6) is 1.72. The van der Waals surface area contributed by atoms with Crippen LogP contribution in [0.5, 0.6) is 11.5 Å². The first-order valence-electron chi connectivity index (χ1n) is 6.65. The molecular formula is C17H20O5. The highest BCUT2D eigenvalue weighted by Crippen LogP contribution is 2.14. The Balaban J connectivity index is 0.000000745. The van der Waals surface area contributed by atoms with Crippen molar-refractivity contribution in [1.29, 1.82) is 0 Å². The first-order chi connectivity index (χ1) is 10.7. The van der Waals surface area contributed by atoms with E-state index >= 15 is 0 Å². The highest BCUT2D eigenvalue weighted by Gasteiger charge is 1.97. The second kappa shape index (κ2) is 10.2. The Labute approximate surface area is 130 Å². The van der Waals surface area contributed by atoms with Crippen molar-refractivity contribution < 1.29 is 24.1 Å². The number of carboxylic acid groups (broad SMARTS) is 1. The molecule has 2 aromatic rings. The van der Waals surface area contributed by atoms with Gasteiger partial charge in [0, 0.05) is 0 Å². The zero-order chi connectivity index (χ0) is 16.2. The van der Waals surface area contributed by atoms with Gasteiger partial charge in [-0.25, -0.2) is 0 Å². The molecule has 5 heteroatoms. The van der Waals surface area contributed by atoms with Gasteiger partial charge >= 0.3 is 0 Å². The Hall–Kier alpha value is -2.53. The van der Waals surface area contributed by atoms with Crippen molar-refractivity contribution in [2.75, 3.05) is 14.2 Å². The minimum atomic E-state index is -0.250. The lowest BCUT2D eigenvalue weighted by Gasteiger charge is -2.06. The number of hydrogen-bond acceptors (Lipinski definition) is 4. The number of rotatable bonds is 6. The van der Waals surface area contributed by atoms with Crippen LogP contribution in [0, 0.1) is 0 Å². The van der Waals surface area contributed by atoms with Crippen LogP contribution < -0.4 is 9.47 Å². The molecule has 0 aromatic heterocycles. The fourth-order valence-corrected chi connectivity index (χ4v) is 1.73. The number of carbonyl (C=O) groups is 1. The Kier molecular flexibility index (Phi) is 8.15. The summed E-state index contributed by atoms with van der Waals surface area (Å²) < 4.78 is 15.9. The zero-order valence-electron chi connectivity index (χ0n) is 12.7. The number of benzene rings is 2. The number of ether oxygens (including phenoxy) is 3. The lowest BCUT2D eigenvalue weighted by Crippen LogP contribution is -1.94. The van der Waals surface area contributed by atoms with E-state index in [0.29, 0.717) is 13.2 Å². The van der Waals surface area contributed by atoms with Gasteiger partial charge in [-0.2, -0.15) is 0 Å². The van der Waals surface area contributed by atoms with E-state index in [-0.39, 0.29) is 6.47 Å². The van der Waals surface area contributed by atoms with E-state index < -0.39 is 0 Å². The summed E-state index contributed by atoms with van der Waals surface area (Å²) in [6.07, 6.45) is 0. The Morgan fingerprint density at radius 1 is 0.818 bits per heavy atom. The smallest absolute Gasteiger partial charge is 0.290 e. The van der Waals surface area contributed by atoms with Crippen LogP contribution in [0.3, 0.4) is 0 Å². The monoisotopic (exact) mass is 304 g/mol. The normalized spacial score (nSPS) is 9.36. The molecule has 22 heavy (non-hydrogen) atoms. The fourth-order valence-electron chi connectivity index (χ4n) is 1.73. The van der Waals surface area contributed by atoms with Crippen LogP contribution in [-0.2, 0) is 22.7 Å². The second-order valence-electron chi connectivity index (χ2n) is 4.29. The second-order valence-corrected chi connectivity index (χ2v) is 4.29. The third-order valence-electron chi connectivity index (χ3n) is 2.86. The predicted molar refractivity (Wildman–Crippen MR) is 83.2 cm³/mol. The Bertz CT molecular complexity index is 486. The summed E-state index contributed by atoms with van der Waals surface area (Å²) in [4.78, 5) is 8.36. The topological polar surface area (TPSA) is 65.0 Å². The summed E-state index contributed by atoms with van der Waals surface area (Å²) in [6.45, 7) is 0.937. The van der Waals surface area contributed by atoms with E-state index in [1.807, 2.05) is 48.5 Å². The Morgan fingerprint density at radius 2 is 1.14 bits per heavy atom. The molecule has 2 aromatic carbocycles. The van der Waals surface area contributed by atoms with Gasteiger partial charge in [-0.15, -0.1) is 0 Å². The summed E-state index contributed by atoms with van der Waals surface area (Å²) >= 11 is 0. The molecule has 0 atom stereocenters. The van der Waals surface area contributed by atoms with E-state index in [1.165, 1.54) is 0 Å².